The van der Waals surface area contributed by atoms with E-state index >= 15 is 0 Å². The van der Waals surface area contributed by atoms with Crippen LogP contribution in [0.25, 0.3) is 11.3 Å². The van der Waals surface area contributed by atoms with Crippen molar-refractivity contribution in [1.29, 1.82) is 0 Å². The number of ether oxygens (including phenoxy) is 1. The molecule has 1 atom stereocenters. The molecule has 178 valence electrons. The maximum absolute atomic E-state index is 13.7. The SMILES string of the molecule is Cc1cccc(S(=O)(=O)N2C[C@H](CCC(=O)O)Oc3ccc(-c4ccnc(N(C)C)n4)cc32)c1. The fraction of sp³-hybridized carbons (Fsp3) is 0.292. The Hall–Kier alpha value is -3.66. The highest BCUT2D eigenvalue weighted by Crippen LogP contribution is 2.40. The molecular weight excluding hydrogens is 456 g/mol. The van der Waals surface area contributed by atoms with E-state index in [9.17, 15) is 13.2 Å². The van der Waals surface area contributed by atoms with Crippen LogP contribution in [0.2, 0.25) is 0 Å². The molecule has 1 aromatic heterocycles. The van der Waals surface area contributed by atoms with Crippen LogP contribution < -0.4 is 13.9 Å². The Bertz CT molecular complexity index is 1330. The molecule has 0 aliphatic carbocycles. The van der Waals surface area contributed by atoms with Gasteiger partial charge in [0.15, 0.2) is 0 Å². The summed E-state index contributed by atoms with van der Waals surface area (Å²) in [5.74, 6) is -0.0498. The van der Waals surface area contributed by atoms with Crippen molar-refractivity contribution in [3.05, 3.63) is 60.3 Å². The van der Waals surface area contributed by atoms with E-state index in [0.29, 0.717) is 28.6 Å². The largest absolute Gasteiger partial charge is 0.486 e. The summed E-state index contributed by atoms with van der Waals surface area (Å²) in [5, 5.41) is 9.09. The smallest absolute Gasteiger partial charge is 0.303 e. The molecule has 9 nitrogen and oxygen atoms in total. The minimum atomic E-state index is -3.93. The monoisotopic (exact) mass is 482 g/mol. The maximum Gasteiger partial charge on any atom is 0.303 e. The van der Waals surface area contributed by atoms with Gasteiger partial charge in [-0.05, 0) is 55.3 Å². The summed E-state index contributed by atoms with van der Waals surface area (Å²) in [6.07, 6.45) is 1.13. The number of hydrogen-bond donors (Lipinski definition) is 1. The van der Waals surface area contributed by atoms with Crippen LogP contribution >= 0.6 is 0 Å². The molecule has 10 heteroatoms. The van der Waals surface area contributed by atoms with E-state index in [1.54, 1.807) is 53.6 Å². The van der Waals surface area contributed by atoms with Gasteiger partial charge in [0.25, 0.3) is 10.0 Å². The number of aryl methyl sites for hydroxylation is 1. The van der Waals surface area contributed by atoms with E-state index in [4.69, 9.17) is 9.84 Å². The highest BCUT2D eigenvalue weighted by molar-refractivity contribution is 7.92. The Kier molecular flexibility index (Phi) is 6.43. The lowest BCUT2D eigenvalue weighted by Crippen LogP contribution is -2.43. The Morgan fingerprint density at radius 1 is 1.21 bits per heavy atom. The molecule has 0 saturated heterocycles. The van der Waals surface area contributed by atoms with Gasteiger partial charge in [-0.15, -0.1) is 0 Å². The molecule has 4 rings (SSSR count). The first-order valence-electron chi connectivity index (χ1n) is 10.8. The van der Waals surface area contributed by atoms with E-state index in [1.807, 2.05) is 27.1 Å². The van der Waals surface area contributed by atoms with Crippen LogP contribution in [0.5, 0.6) is 5.75 Å². The first-order valence-corrected chi connectivity index (χ1v) is 12.2. The number of nitrogens with zero attached hydrogens (tertiary/aromatic N) is 4. The van der Waals surface area contributed by atoms with Crippen molar-refractivity contribution < 1.29 is 23.1 Å². The lowest BCUT2D eigenvalue weighted by Gasteiger charge is -2.35. The first kappa shape index (κ1) is 23.5. The van der Waals surface area contributed by atoms with E-state index in [2.05, 4.69) is 9.97 Å². The Labute approximate surface area is 198 Å². The van der Waals surface area contributed by atoms with Gasteiger partial charge in [0.1, 0.15) is 11.9 Å². The average molecular weight is 483 g/mol. The van der Waals surface area contributed by atoms with Crippen LogP contribution in [-0.2, 0) is 14.8 Å². The van der Waals surface area contributed by atoms with Gasteiger partial charge in [0.05, 0.1) is 22.8 Å². The molecule has 0 fully saturated rings. The van der Waals surface area contributed by atoms with Crippen LogP contribution in [0, 0.1) is 6.92 Å². The molecule has 0 unspecified atom stereocenters. The van der Waals surface area contributed by atoms with Gasteiger partial charge < -0.3 is 14.7 Å². The number of fused-ring (bicyclic) bond motifs is 1. The first-order chi connectivity index (χ1) is 16.1. The summed E-state index contributed by atoms with van der Waals surface area (Å²) < 4.78 is 34.7. The van der Waals surface area contributed by atoms with Crippen molar-refractivity contribution in [2.24, 2.45) is 0 Å². The summed E-state index contributed by atoms with van der Waals surface area (Å²) in [6.45, 7) is 1.84. The Morgan fingerprint density at radius 3 is 2.71 bits per heavy atom. The molecule has 0 saturated carbocycles. The van der Waals surface area contributed by atoms with E-state index in [1.165, 1.54) is 4.31 Å². The van der Waals surface area contributed by atoms with Crippen molar-refractivity contribution >= 4 is 27.6 Å². The second kappa shape index (κ2) is 9.30. The average Bonchev–Trinajstić information content (AvgIpc) is 2.82. The zero-order chi connectivity index (χ0) is 24.5. The van der Waals surface area contributed by atoms with Gasteiger partial charge in [-0.3, -0.25) is 9.10 Å². The number of anilines is 2. The number of sulfonamides is 1. The van der Waals surface area contributed by atoms with Crippen LogP contribution in [0.4, 0.5) is 11.6 Å². The van der Waals surface area contributed by atoms with E-state index in [0.717, 1.165) is 5.56 Å². The second-order valence-electron chi connectivity index (χ2n) is 8.34. The Balaban J connectivity index is 1.80. The standard InChI is InChI=1S/C24H26N4O5S/c1-16-5-4-6-19(13-16)34(31,32)28-15-18(8-10-23(29)30)33-22-9-7-17(14-21(22)28)20-11-12-25-24(26-20)27(2)3/h4-7,9,11-14,18H,8,10,15H2,1-3H3,(H,29,30)/t18-/m0/s1. The highest BCUT2D eigenvalue weighted by atomic mass is 32.2. The molecule has 1 aliphatic rings. The molecule has 0 spiro atoms. The number of aliphatic carboxylic acids is 1. The fourth-order valence-electron chi connectivity index (χ4n) is 3.76. The van der Waals surface area contributed by atoms with Crippen molar-refractivity contribution in [3.63, 3.8) is 0 Å². The predicted molar refractivity (Wildman–Crippen MR) is 129 cm³/mol. The zero-order valence-electron chi connectivity index (χ0n) is 19.2. The minimum Gasteiger partial charge on any atom is -0.486 e. The molecule has 3 aromatic rings. The quantitative estimate of drug-likeness (QED) is 0.546. The summed E-state index contributed by atoms with van der Waals surface area (Å²) in [6, 6.07) is 13.7. The number of carboxylic acids is 1. The van der Waals surface area contributed by atoms with Crippen LogP contribution in [0.3, 0.4) is 0 Å². The molecule has 34 heavy (non-hydrogen) atoms. The third kappa shape index (κ3) is 4.81. The van der Waals surface area contributed by atoms with E-state index < -0.39 is 22.1 Å². The highest BCUT2D eigenvalue weighted by Gasteiger charge is 2.35. The normalized spacial score (nSPS) is 15.4. The topological polar surface area (TPSA) is 113 Å². The number of carboxylic acid groups (broad SMARTS) is 1. The van der Waals surface area contributed by atoms with E-state index in [-0.39, 0.29) is 24.3 Å². The molecule has 0 bridgehead atoms. The number of carbonyl (C=O) groups is 1. The second-order valence-corrected chi connectivity index (χ2v) is 10.2. The van der Waals surface area contributed by atoms with Gasteiger partial charge in [-0.1, -0.05) is 12.1 Å². The lowest BCUT2D eigenvalue weighted by atomic mass is 10.1. The lowest BCUT2D eigenvalue weighted by molar-refractivity contribution is -0.137. The molecule has 1 aliphatic heterocycles. The number of hydrogen-bond acceptors (Lipinski definition) is 7. The van der Waals surface area contributed by atoms with Crippen molar-refractivity contribution in [1.82, 2.24) is 9.97 Å². The van der Waals surface area contributed by atoms with Crippen LogP contribution in [0.15, 0.2) is 59.6 Å². The summed E-state index contributed by atoms with van der Waals surface area (Å²) in [5.41, 5.74) is 2.56. The Morgan fingerprint density at radius 2 is 2.00 bits per heavy atom. The third-order valence-electron chi connectivity index (χ3n) is 5.49. The van der Waals surface area contributed by atoms with Gasteiger partial charge >= 0.3 is 5.97 Å². The molecular formula is C24H26N4O5S. The number of benzene rings is 2. The summed E-state index contributed by atoms with van der Waals surface area (Å²) in [4.78, 5) is 21.8. The maximum atomic E-state index is 13.7. The fourth-order valence-corrected chi connectivity index (χ4v) is 5.37. The van der Waals surface area contributed by atoms with Gasteiger partial charge in [0.2, 0.25) is 5.95 Å². The van der Waals surface area contributed by atoms with Crippen molar-refractivity contribution in [2.75, 3.05) is 29.8 Å². The zero-order valence-corrected chi connectivity index (χ0v) is 20.0. The molecule has 0 amide bonds. The number of rotatable bonds is 7. The minimum absolute atomic E-state index is 0.00668. The number of aromatic nitrogens is 2. The van der Waals surface area contributed by atoms with Crippen molar-refractivity contribution in [3.8, 4) is 17.0 Å². The predicted octanol–water partition coefficient (Wildman–Crippen LogP) is 3.34. The van der Waals surface area contributed by atoms with Crippen molar-refractivity contribution in [2.45, 2.75) is 30.8 Å². The van der Waals surface area contributed by atoms with Gasteiger partial charge in [0, 0.05) is 32.3 Å². The van der Waals surface area contributed by atoms with Gasteiger partial charge in [-0.25, -0.2) is 18.4 Å². The molecule has 2 heterocycles. The summed E-state index contributed by atoms with van der Waals surface area (Å²) in [7, 11) is -0.244. The molecule has 2 aromatic carbocycles. The summed E-state index contributed by atoms with van der Waals surface area (Å²) >= 11 is 0. The van der Waals surface area contributed by atoms with Crippen LogP contribution in [-0.4, -0.2) is 56.2 Å². The molecule has 1 N–H and O–H groups in total. The molecule has 0 radical (unpaired) electrons. The van der Waals surface area contributed by atoms with Gasteiger partial charge in [-0.2, -0.15) is 0 Å². The van der Waals surface area contributed by atoms with Crippen LogP contribution in [0.1, 0.15) is 18.4 Å². The third-order valence-corrected chi connectivity index (χ3v) is 7.26.